The summed E-state index contributed by atoms with van der Waals surface area (Å²) >= 11 is 7.59. The number of thiophene rings is 1. The third-order valence-electron chi connectivity index (χ3n) is 3.05. The molecule has 0 saturated carbocycles. The average Bonchev–Trinajstić information content (AvgIpc) is 3.07. The van der Waals surface area contributed by atoms with Crippen LogP contribution in [0.1, 0.15) is 16.0 Å². The lowest BCUT2D eigenvalue weighted by Gasteiger charge is -2.10. The van der Waals surface area contributed by atoms with Crippen molar-refractivity contribution < 1.29 is 14.3 Å². The summed E-state index contributed by atoms with van der Waals surface area (Å²) in [4.78, 5) is 24.2. The summed E-state index contributed by atoms with van der Waals surface area (Å²) in [7, 11) is 0. The van der Waals surface area contributed by atoms with E-state index < -0.39 is 11.8 Å². The van der Waals surface area contributed by atoms with Gasteiger partial charge in [-0.1, -0.05) is 17.7 Å². The topological polar surface area (TPSA) is 67.4 Å². The van der Waals surface area contributed by atoms with Gasteiger partial charge >= 0.3 is 0 Å². The number of aryl methyl sites for hydroxylation is 2. The molecule has 2 amide bonds. The molecule has 1 aromatic carbocycles. The van der Waals surface area contributed by atoms with Crippen molar-refractivity contribution in [1.82, 2.24) is 10.9 Å². The lowest BCUT2D eigenvalue weighted by molar-refractivity contribution is -0.128. The number of amides is 2. The zero-order valence-electron chi connectivity index (χ0n) is 13.3. The van der Waals surface area contributed by atoms with E-state index in [1.165, 1.54) is 17.4 Å². The van der Waals surface area contributed by atoms with E-state index in [2.05, 4.69) is 10.9 Å². The Hall–Kier alpha value is -2.31. The van der Waals surface area contributed by atoms with Gasteiger partial charge in [0.25, 0.3) is 11.8 Å². The zero-order valence-corrected chi connectivity index (χ0v) is 14.8. The van der Waals surface area contributed by atoms with Crippen LogP contribution in [0, 0.1) is 13.8 Å². The Kier molecular flexibility index (Phi) is 6.40. The first-order valence-corrected chi connectivity index (χ1v) is 8.41. The molecule has 0 saturated heterocycles. The molecule has 7 heteroatoms. The van der Waals surface area contributed by atoms with Gasteiger partial charge in [0.05, 0.1) is 0 Å². The molecule has 2 N–H and O–H groups in total. The highest BCUT2D eigenvalue weighted by Gasteiger charge is 2.07. The second-order valence-electron chi connectivity index (χ2n) is 5.05. The lowest BCUT2D eigenvalue weighted by Crippen LogP contribution is -2.43. The lowest BCUT2D eigenvalue weighted by atomic mass is 10.1. The molecule has 5 nitrogen and oxygen atoms in total. The fourth-order valence-electron chi connectivity index (χ4n) is 1.89. The maximum absolute atomic E-state index is 11.7. The van der Waals surface area contributed by atoms with Gasteiger partial charge in [0.15, 0.2) is 6.61 Å². The van der Waals surface area contributed by atoms with Crippen molar-refractivity contribution in [2.75, 3.05) is 6.61 Å². The highest BCUT2D eigenvalue weighted by atomic mass is 35.5. The predicted octanol–water partition coefficient (Wildman–Crippen LogP) is 3.26. The number of carbonyl (C=O) groups excluding carboxylic acids is 2. The van der Waals surface area contributed by atoms with E-state index in [0.717, 1.165) is 16.0 Å². The minimum Gasteiger partial charge on any atom is -0.484 e. The average molecular weight is 365 g/mol. The Morgan fingerprint density at radius 3 is 2.58 bits per heavy atom. The highest BCUT2D eigenvalue weighted by Crippen LogP contribution is 2.25. The fraction of sp³-hybridized carbons (Fsp3) is 0.176. The number of hydrazine groups is 1. The van der Waals surface area contributed by atoms with E-state index in [-0.39, 0.29) is 6.61 Å². The Balaban J connectivity index is 1.76. The number of hydrogen-bond acceptors (Lipinski definition) is 4. The smallest absolute Gasteiger partial charge is 0.276 e. The Morgan fingerprint density at radius 2 is 1.96 bits per heavy atom. The second-order valence-corrected chi connectivity index (χ2v) is 6.40. The number of carbonyl (C=O) groups is 2. The normalized spacial score (nSPS) is 10.6. The van der Waals surface area contributed by atoms with Crippen molar-refractivity contribution >= 4 is 40.8 Å². The van der Waals surface area contributed by atoms with Gasteiger partial charge in [0.2, 0.25) is 0 Å². The number of ether oxygens (including phenoxy) is 1. The molecule has 0 unspecified atom stereocenters. The standard InChI is InChI=1S/C17H17ClN2O3S/c1-11-8-13(9-12(2)17(11)18)23-10-16(22)20-19-15(21)6-5-14-4-3-7-24-14/h3-9H,10H2,1-2H3,(H,19,21)(H,20,22). The van der Waals surface area contributed by atoms with Gasteiger partial charge in [0, 0.05) is 16.0 Å². The van der Waals surface area contributed by atoms with Gasteiger partial charge < -0.3 is 4.74 Å². The van der Waals surface area contributed by atoms with Crippen LogP contribution in [0.15, 0.2) is 35.7 Å². The molecule has 1 aromatic heterocycles. The summed E-state index contributed by atoms with van der Waals surface area (Å²) in [6.07, 6.45) is 3.01. The van der Waals surface area contributed by atoms with E-state index in [1.807, 2.05) is 31.4 Å². The summed E-state index contributed by atoms with van der Waals surface area (Å²) in [5.41, 5.74) is 6.33. The minimum absolute atomic E-state index is 0.213. The van der Waals surface area contributed by atoms with Crippen LogP contribution in [0.25, 0.3) is 6.08 Å². The van der Waals surface area contributed by atoms with E-state index in [9.17, 15) is 9.59 Å². The van der Waals surface area contributed by atoms with E-state index >= 15 is 0 Å². The van der Waals surface area contributed by atoms with Crippen molar-refractivity contribution in [2.24, 2.45) is 0 Å². The number of hydrogen-bond donors (Lipinski definition) is 2. The van der Waals surface area contributed by atoms with Gasteiger partial charge in [-0.2, -0.15) is 0 Å². The van der Waals surface area contributed by atoms with Crippen LogP contribution < -0.4 is 15.6 Å². The molecule has 24 heavy (non-hydrogen) atoms. The van der Waals surface area contributed by atoms with Crippen LogP contribution in [0.3, 0.4) is 0 Å². The molecular weight excluding hydrogens is 348 g/mol. The largest absolute Gasteiger partial charge is 0.484 e. The second kappa shape index (κ2) is 8.52. The summed E-state index contributed by atoms with van der Waals surface area (Å²) in [5, 5.41) is 2.59. The molecule has 2 aromatic rings. The third-order valence-corrected chi connectivity index (χ3v) is 4.48. The first-order valence-electron chi connectivity index (χ1n) is 7.15. The highest BCUT2D eigenvalue weighted by molar-refractivity contribution is 7.10. The maximum Gasteiger partial charge on any atom is 0.276 e. The Labute approximate surface area is 149 Å². The molecule has 0 aliphatic heterocycles. The van der Waals surface area contributed by atoms with Gasteiger partial charge in [0.1, 0.15) is 5.75 Å². The Bertz CT molecular complexity index is 734. The van der Waals surface area contributed by atoms with Crippen LogP contribution in [0.2, 0.25) is 5.02 Å². The van der Waals surface area contributed by atoms with Crippen LogP contribution in [-0.2, 0) is 9.59 Å². The number of halogens is 1. The Morgan fingerprint density at radius 1 is 1.25 bits per heavy atom. The van der Waals surface area contributed by atoms with Crippen molar-refractivity contribution in [3.8, 4) is 5.75 Å². The fourth-order valence-corrected chi connectivity index (χ4v) is 2.62. The van der Waals surface area contributed by atoms with Gasteiger partial charge in [-0.3, -0.25) is 20.4 Å². The summed E-state index contributed by atoms with van der Waals surface area (Å²) in [6, 6.07) is 7.29. The molecule has 0 fully saturated rings. The van der Waals surface area contributed by atoms with Crippen LogP contribution in [0.4, 0.5) is 0 Å². The molecule has 0 aliphatic rings. The van der Waals surface area contributed by atoms with Gasteiger partial charge in [-0.05, 0) is 54.6 Å². The molecule has 0 atom stereocenters. The van der Waals surface area contributed by atoms with Gasteiger partial charge in [-0.15, -0.1) is 11.3 Å². The number of rotatable bonds is 5. The quantitative estimate of drug-likeness (QED) is 0.632. The van der Waals surface area contributed by atoms with Gasteiger partial charge in [-0.25, -0.2) is 0 Å². The summed E-state index contributed by atoms with van der Waals surface area (Å²) < 4.78 is 5.40. The van der Waals surface area contributed by atoms with Crippen LogP contribution in [0.5, 0.6) is 5.75 Å². The SMILES string of the molecule is Cc1cc(OCC(=O)NNC(=O)C=Cc2cccs2)cc(C)c1Cl. The maximum atomic E-state index is 11.7. The zero-order chi connectivity index (χ0) is 17.5. The first kappa shape index (κ1) is 18.0. The van der Waals surface area contributed by atoms with E-state index in [1.54, 1.807) is 18.2 Å². The molecule has 2 rings (SSSR count). The summed E-state index contributed by atoms with van der Waals surface area (Å²) in [6.45, 7) is 3.51. The molecule has 0 aliphatic carbocycles. The third kappa shape index (κ3) is 5.40. The molecule has 0 radical (unpaired) electrons. The van der Waals surface area contributed by atoms with Crippen LogP contribution in [-0.4, -0.2) is 18.4 Å². The van der Waals surface area contributed by atoms with E-state index in [4.69, 9.17) is 16.3 Å². The van der Waals surface area contributed by atoms with Crippen molar-refractivity contribution in [3.05, 3.63) is 56.7 Å². The molecule has 1 heterocycles. The molecular formula is C17H17ClN2O3S. The van der Waals surface area contributed by atoms with Crippen molar-refractivity contribution in [3.63, 3.8) is 0 Å². The van der Waals surface area contributed by atoms with Crippen molar-refractivity contribution in [2.45, 2.75) is 13.8 Å². The predicted molar refractivity (Wildman–Crippen MR) is 96.1 cm³/mol. The first-order chi connectivity index (χ1) is 11.5. The number of benzene rings is 1. The summed E-state index contributed by atoms with van der Waals surface area (Å²) in [5.74, 6) is -0.332. The van der Waals surface area contributed by atoms with Crippen LogP contribution >= 0.6 is 22.9 Å². The van der Waals surface area contributed by atoms with Crippen molar-refractivity contribution in [1.29, 1.82) is 0 Å². The molecule has 0 bridgehead atoms. The monoisotopic (exact) mass is 364 g/mol. The van der Waals surface area contributed by atoms with E-state index in [0.29, 0.717) is 10.8 Å². The minimum atomic E-state index is -0.460. The number of nitrogens with one attached hydrogen (secondary N) is 2. The molecule has 0 spiro atoms. The molecule has 126 valence electrons.